The van der Waals surface area contributed by atoms with Crippen LogP contribution in [0.25, 0.3) is 11.0 Å². The Morgan fingerprint density at radius 2 is 2.04 bits per heavy atom. The predicted molar refractivity (Wildman–Crippen MR) is 106 cm³/mol. The van der Waals surface area contributed by atoms with Gasteiger partial charge in [0.1, 0.15) is 5.75 Å². The second-order valence-electron chi connectivity index (χ2n) is 7.21. The van der Waals surface area contributed by atoms with Crippen LogP contribution in [-0.4, -0.2) is 73.8 Å². The van der Waals surface area contributed by atoms with Crippen molar-refractivity contribution in [3.63, 3.8) is 0 Å². The summed E-state index contributed by atoms with van der Waals surface area (Å²) >= 11 is 0. The van der Waals surface area contributed by atoms with Crippen LogP contribution < -0.4 is 10.1 Å². The van der Waals surface area contributed by atoms with Crippen LogP contribution in [0.2, 0.25) is 0 Å². The van der Waals surface area contributed by atoms with E-state index in [1.165, 1.54) is 0 Å². The van der Waals surface area contributed by atoms with Gasteiger partial charge in [-0.15, -0.1) is 0 Å². The molecule has 1 atom stereocenters. The molecule has 0 aliphatic carbocycles. The summed E-state index contributed by atoms with van der Waals surface area (Å²) in [5.74, 6) is 2.50. The van der Waals surface area contributed by atoms with Crippen LogP contribution in [-0.2, 0) is 6.54 Å². The zero-order valence-corrected chi connectivity index (χ0v) is 15.2. The second kappa shape index (κ2) is 8.54. The van der Waals surface area contributed by atoms with E-state index in [-0.39, 0.29) is 7.43 Å². The van der Waals surface area contributed by atoms with Crippen LogP contribution in [0.4, 0.5) is 5.95 Å². The molecule has 25 heavy (non-hydrogen) atoms. The maximum Gasteiger partial charge on any atom is 0.203 e. The van der Waals surface area contributed by atoms with Gasteiger partial charge >= 0.3 is 0 Å². The Bertz CT molecular complexity index is 680. The Morgan fingerprint density at radius 3 is 2.76 bits per heavy atom. The molecule has 1 aromatic heterocycles. The highest BCUT2D eigenvalue weighted by Crippen LogP contribution is 2.28. The first kappa shape index (κ1) is 19.5. The fourth-order valence-electron chi connectivity index (χ4n) is 3.28. The topological polar surface area (TPSA) is 45.6 Å². The molecule has 0 saturated heterocycles. The van der Waals surface area contributed by atoms with Gasteiger partial charge < -0.3 is 24.4 Å². The van der Waals surface area contributed by atoms with Crippen molar-refractivity contribution in [1.82, 2.24) is 19.4 Å². The van der Waals surface area contributed by atoms with Crippen molar-refractivity contribution in [2.75, 3.05) is 59.7 Å². The first-order valence-electron chi connectivity index (χ1n) is 8.69. The van der Waals surface area contributed by atoms with Crippen LogP contribution in [0.5, 0.6) is 5.75 Å². The molecule has 6 heteroatoms. The molecule has 3 rings (SSSR count). The molecule has 1 aliphatic heterocycles. The number of nitrogens with one attached hydrogen (secondary N) is 1. The van der Waals surface area contributed by atoms with Gasteiger partial charge in [-0.3, -0.25) is 0 Å². The predicted octanol–water partition coefficient (Wildman–Crippen LogP) is 2.61. The number of benzene rings is 1. The summed E-state index contributed by atoms with van der Waals surface area (Å²) in [4.78, 5) is 9.13. The fraction of sp³-hybridized carbons (Fsp3) is 0.632. The number of rotatable bonds is 7. The van der Waals surface area contributed by atoms with Crippen molar-refractivity contribution >= 4 is 17.0 Å². The zero-order chi connectivity index (χ0) is 17.1. The number of hydrogen-bond donors (Lipinski definition) is 1. The average molecular weight is 348 g/mol. The molecule has 0 fully saturated rings. The molecule has 0 bridgehead atoms. The molecule has 0 amide bonds. The highest BCUT2D eigenvalue weighted by atomic mass is 16.5. The Kier molecular flexibility index (Phi) is 6.67. The van der Waals surface area contributed by atoms with Crippen molar-refractivity contribution in [3.05, 3.63) is 18.2 Å². The summed E-state index contributed by atoms with van der Waals surface area (Å²) in [6.07, 6.45) is 1.03. The Morgan fingerprint density at radius 1 is 1.24 bits per heavy atom. The Hall–Kier alpha value is -1.79. The number of ether oxygens (including phenoxy) is 1. The zero-order valence-electron chi connectivity index (χ0n) is 15.2. The molecule has 1 aliphatic rings. The van der Waals surface area contributed by atoms with Crippen molar-refractivity contribution in [2.24, 2.45) is 5.92 Å². The standard InChI is InChI=1S/C18H29N5O.CH4/c1-21(2)8-5-9-24-15-6-7-16-17(10-15)23-13-14(12-22(3)4)11-19-18(23)20-16;/h6-7,10,14H,5,8-9,11-13H2,1-4H3,(H,19,20);1H4. The van der Waals surface area contributed by atoms with Gasteiger partial charge in [0.2, 0.25) is 5.95 Å². The van der Waals surface area contributed by atoms with Gasteiger partial charge in [-0.2, -0.15) is 0 Å². The summed E-state index contributed by atoms with van der Waals surface area (Å²) in [5.41, 5.74) is 2.19. The third-order valence-electron chi connectivity index (χ3n) is 4.35. The molecule has 0 saturated carbocycles. The summed E-state index contributed by atoms with van der Waals surface area (Å²) in [5, 5.41) is 3.47. The van der Waals surface area contributed by atoms with Gasteiger partial charge in [-0.1, -0.05) is 7.43 Å². The van der Waals surface area contributed by atoms with Crippen molar-refractivity contribution in [3.8, 4) is 5.75 Å². The third-order valence-corrected chi connectivity index (χ3v) is 4.35. The van der Waals surface area contributed by atoms with Crippen molar-refractivity contribution in [1.29, 1.82) is 0 Å². The number of hydrogen-bond acceptors (Lipinski definition) is 5. The first-order chi connectivity index (χ1) is 11.5. The lowest BCUT2D eigenvalue weighted by atomic mass is 10.1. The van der Waals surface area contributed by atoms with Gasteiger partial charge in [0, 0.05) is 38.2 Å². The molecule has 0 spiro atoms. The lowest BCUT2D eigenvalue weighted by molar-refractivity contribution is 0.281. The maximum absolute atomic E-state index is 5.92. The van der Waals surface area contributed by atoms with E-state index in [0.29, 0.717) is 5.92 Å². The van der Waals surface area contributed by atoms with E-state index in [2.05, 4.69) is 60.0 Å². The molecule has 140 valence electrons. The minimum Gasteiger partial charge on any atom is -0.493 e. The van der Waals surface area contributed by atoms with E-state index < -0.39 is 0 Å². The number of anilines is 1. The number of aromatic nitrogens is 2. The van der Waals surface area contributed by atoms with Crippen LogP contribution >= 0.6 is 0 Å². The van der Waals surface area contributed by atoms with E-state index in [4.69, 9.17) is 9.72 Å². The number of imidazole rings is 1. The highest BCUT2D eigenvalue weighted by molar-refractivity contribution is 5.80. The monoisotopic (exact) mass is 347 g/mol. The smallest absolute Gasteiger partial charge is 0.203 e. The van der Waals surface area contributed by atoms with E-state index >= 15 is 0 Å². The highest BCUT2D eigenvalue weighted by Gasteiger charge is 2.22. The molecule has 1 N–H and O–H groups in total. The Labute approximate surface area is 151 Å². The average Bonchev–Trinajstić information content (AvgIpc) is 2.88. The Balaban J connectivity index is 0.00000225. The van der Waals surface area contributed by atoms with Crippen molar-refractivity contribution < 1.29 is 4.74 Å². The van der Waals surface area contributed by atoms with E-state index in [0.717, 1.165) is 61.9 Å². The van der Waals surface area contributed by atoms with Crippen LogP contribution in [0.3, 0.4) is 0 Å². The van der Waals surface area contributed by atoms with Crippen LogP contribution in [0, 0.1) is 5.92 Å². The van der Waals surface area contributed by atoms with Gasteiger partial charge in [0.15, 0.2) is 0 Å². The quantitative estimate of drug-likeness (QED) is 0.780. The summed E-state index contributed by atoms with van der Waals surface area (Å²) < 4.78 is 8.21. The first-order valence-corrected chi connectivity index (χ1v) is 8.69. The minimum atomic E-state index is 0. The van der Waals surface area contributed by atoms with Gasteiger partial charge in [-0.25, -0.2) is 4.98 Å². The second-order valence-corrected chi connectivity index (χ2v) is 7.21. The SMILES string of the molecule is C.CN(C)CCCOc1ccc2nc3n(c2c1)CC(CN(C)C)CN3. The lowest BCUT2D eigenvalue weighted by Gasteiger charge is -2.27. The molecule has 2 heterocycles. The normalized spacial score (nSPS) is 16.6. The molecule has 6 nitrogen and oxygen atoms in total. The van der Waals surface area contributed by atoms with Gasteiger partial charge in [-0.05, 0) is 46.7 Å². The molecular formula is C19H33N5O. The van der Waals surface area contributed by atoms with Crippen LogP contribution in [0.1, 0.15) is 13.8 Å². The van der Waals surface area contributed by atoms with Gasteiger partial charge in [0.25, 0.3) is 0 Å². The summed E-state index contributed by atoms with van der Waals surface area (Å²) in [7, 11) is 8.42. The third kappa shape index (κ3) is 4.86. The molecule has 1 aromatic carbocycles. The van der Waals surface area contributed by atoms with E-state index in [9.17, 15) is 0 Å². The maximum atomic E-state index is 5.92. The molecule has 1 unspecified atom stereocenters. The van der Waals surface area contributed by atoms with Crippen molar-refractivity contribution in [2.45, 2.75) is 20.4 Å². The van der Waals surface area contributed by atoms with E-state index in [1.54, 1.807) is 0 Å². The molecule has 2 aromatic rings. The largest absolute Gasteiger partial charge is 0.493 e. The minimum absolute atomic E-state index is 0. The summed E-state index contributed by atoms with van der Waals surface area (Å²) in [6, 6.07) is 6.21. The molecule has 0 radical (unpaired) electrons. The van der Waals surface area contributed by atoms with E-state index in [1.807, 2.05) is 6.07 Å². The number of nitrogens with zero attached hydrogens (tertiary/aromatic N) is 4. The number of fused-ring (bicyclic) bond motifs is 3. The van der Waals surface area contributed by atoms with Gasteiger partial charge in [0.05, 0.1) is 17.6 Å². The lowest BCUT2D eigenvalue weighted by Crippen LogP contribution is -2.34. The van der Waals surface area contributed by atoms with Crippen LogP contribution in [0.15, 0.2) is 18.2 Å². The fourth-order valence-corrected chi connectivity index (χ4v) is 3.28. The molecular weight excluding hydrogens is 314 g/mol. The summed E-state index contributed by atoms with van der Waals surface area (Å²) in [6.45, 7) is 4.84.